The fourth-order valence-electron chi connectivity index (χ4n) is 2.09. The number of esters is 2. The number of hydrogen-bond donors (Lipinski definition) is 2. The van der Waals surface area contributed by atoms with Crippen LogP contribution in [0.25, 0.3) is 0 Å². The van der Waals surface area contributed by atoms with E-state index >= 15 is 0 Å². The van der Waals surface area contributed by atoms with Crippen molar-refractivity contribution in [2.24, 2.45) is 0 Å². The summed E-state index contributed by atoms with van der Waals surface area (Å²) in [5.41, 5.74) is 3.96. The Balaban J connectivity index is 2.43. The predicted octanol–water partition coefficient (Wildman–Crippen LogP) is 2.34. The third-order valence-electron chi connectivity index (χ3n) is 3.13. The quantitative estimate of drug-likeness (QED) is 0.645. The highest BCUT2D eigenvalue weighted by molar-refractivity contribution is 5.87. The fraction of sp³-hybridized carbons (Fsp3) is 0.250. The Bertz CT molecular complexity index is 662. The van der Waals surface area contributed by atoms with Crippen molar-refractivity contribution in [2.75, 3.05) is 24.9 Å². The Kier molecular flexibility index (Phi) is 4.83. The number of ether oxygens (including phenoxy) is 2. The second-order valence-corrected chi connectivity index (χ2v) is 4.86. The van der Waals surface area contributed by atoms with Gasteiger partial charge in [-0.2, -0.15) is 0 Å². The highest BCUT2D eigenvalue weighted by Crippen LogP contribution is 2.31. The van der Waals surface area contributed by atoms with Crippen molar-refractivity contribution in [1.29, 1.82) is 0 Å². The van der Waals surface area contributed by atoms with Gasteiger partial charge in [0.25, 0.3) is 0 Å². The summed E-state index contributed by atoms with van der Waals surface area (Å²) in [7, 11) is 2.63. The van der Waals surface area contributed by atoms with Crippen molar-refractivity contribution < 1.29 is 19.1 Å². The van der Waals surface area contributed by atoms with Gasteiger partial charge in [0.15, 0.2) is 0 Å². The van der Waals surface area contributed by atoms with Gasteiger partial charge in [0.05, 0.1) is 25.6 Å². The van der Waals surface area contributed by atoms with E-state index in [1.807, 2.05) is 25.1 Å². The molecule has 0 fully saturated rings. The van der Waals surface area contributed by atoms with Gasteiger partial charge in [0, 0.05) is 30.0 Å². The molecule has 1 aliphatic rings. The summed E-state index contributed by atoms with van der Waals surface area (Å²) in [6.45, 7) is 1.97. The minimum absolute atomic E-state index is 0.345. The lowest BCUT2D eigenvalue weighted by Crippen LogP contribution is -2.06. The van der Waals surface area contributed by atoms with E-state index in [9.17, 15) is 9.59 Å². The van der Waals surface area contributed by atoms with Gasteiger partial charge in [-0.3, -0.25) is 0 Å². The molecule has 6 heteroatoms. The van der Waals surface area contributed by atoms with Crippen molar-refractivity contribution in [1.82, 2.24) is 0 Å². The van der Waals surface area contributed by atoms with Crippen molar-refractivity contribution in [3.8, 4) is 0 Å². The largest absolute Gasteiger partial charge is 0.466 e. The topological polar surface area (TPSA) is 76.7 Å². The van der Waals surface area contributed by atoms with Crippen molar-refractivity contribution in [3.63, 3.8) is 0 Å². The monoisotopic (exact) mass is 302 g/mol. The van der Waals surface area contributed by atoms with E-state index in [0.29, 0.717) is 17.8 Å². The number of carbonyl (C=O) groups is 2. The van der Waals surface area contributed by atoms with E-state index in [1.54, 1.807) is 0 Å². The van der Waals surface area contributed by atoms with Crippen LogP contribution in [0.3, 0.4) is 0 Å². The number of rotatable bonds is 2. The molecule has 1 aromatic rings. The molecule has 1 heterocycles. The van der Waals surface area contributed by atoms with Crippen molar-refractivity contribution in [3.05, 3.63) is 47.3 Å². The van der Waals surface area contributed by atoms with E-state index in [-0.39, 0.29) is 0 Å². The predicted molar refractivity (Wildman–Crippen MR) is 83.2 cm³/mol. The minimum atomic E-state index is -0.463. The lowest BCUT2D eigenvalue weighted by Gasteiger charge is -2.10. The molecule has 116 valence electrons. The normalized spacial score (nSPS) is 17.0. The Labute approximate surface area is 128 Å². The molecule has 0 aromatic heterocycles. The van der Waals surface area contributed by atoms with Gasteiger partial charge in [-0.05, 0) is 24.6 Å². The Morgan fingerprint density at radius 1 is 1.00 bits per heavy atom. The van der Waals surface area contributed by atoms with Gasteiger partial charge < -0.3 is 20.1 Å². The number of aryl methyl sites for hydroxylation is 1. The van der Waals surface area contributed by atoms with Gasteiger partial charge >= 0.3 is 11.9 Å². The Morgan fingerprint density at radius 2 is 1.55 bits per heavy atom. The molecule has 0 bridgehead atoms. The minimum Gasteiger partial charge on any atom is -0.466 e. The first-order valence-electron chi connectivity index (χ1n) is 6.73. The first-order chi connectivity index (χ1) is 10.5. The number of hydrogen-bond acceptors (Lipinski definition) is 6. The summed E-state index contributed by atoms with van der Waals surface area (Å²) in [5, 5.41) is 6.37. The summed E-state index contributed by atoms with van der Waals surface area (Å²) in [4.78, 5) is 23.0. The Morgan fingerprint density at radius 3 is 2.09 bits per heavy atom. The van der Waals surface area contributed by atoms with Crippen molar-refractivity contribution in [2.45, 2.75) is 13.3 Å². The van der Waals surface area contributed by atoms with E-state index in [0.717, 1.165) is 16.9 Å². The number of nitrogens with one attached hydrogen (secondary N) is 2. The second-order valence-electron chi connectivity index (χ2n) is 4.86. The zero-order chi connectivity index (χ0) is 16.1. The molecule has 0 radical (unpaired) electrons. The highest BCUT2D eigenvalue weighted by Gasteiger charge is 2.16. The van der Waals surface area contributed by atoms with Crippen LogP contribution < -0.4 is 10.6 Å². The van der Waals surface area contributed by atoms with Crippen LogP contribution >= 0.6 is 0 Å². The Hall–Kier alpha value is -2.76. The molecule has 0 aliphatic carbocycles. The molecule has 22 heavy (non-hydrogen) atoms. The first-order valence-corrected chi connectivity index (χ1v) is 6.73. The SMILES string of the molecule is COC(=O)/C=C1/C/C(=C/C(=O)OC)Nc2cc(C)ccc2N1. The van der Waals surface area contributed by atoms with E-state index in [1.165, 1.54) is 26.4 Å². The molecule has 0 spiro atoms. The van der Waals surface area contributed by atoms with Gasteiger partial charge in [-0.1, -0.05) is 6.07 Å². The number of anilines is 2. The molecule has 2 N–H and O–H groups in total. The molecule has 6 nitrogen and oxygen atoms in total. The van der Waals surface area contributed by atoms with Gasteiger partial charge in [0.2, 0.25) is 0 Å². The van der Waals surface area contributed by atoms with Gasteiger partial charge in [0.1, 0.15) is 0 Å². The van der Waals surface area contributed by atoms with Crippen LogP contribution in [0.4, 0.5) is 11.4 Å². The molecule has 0 saturated carbocycles. The second kappa shape index (κ2) is 6.80. The average molecular weight is 302 g/mol. The van der Waals surface area contributed by atoms with Crippen LogP contribution in [0.1, 0.15) is 12.0 Å². The zero-order valence-corrected chi connectivity index (χ0v) is 12.7. The van der Waals surface area contributed by atoms with Crippen LogP contribution in [0.2, 0.25) is 0 Å². The maximum atomic E-state index is 11.5. The summed E-state index contributed by atoms with van der Waals surface area (Å²) >= 11 is 0. The number of carbonyl (C=O) groups excluding carboxylic acids is 2. The number of benzene rings is 1. The number of methoxy groups -OCH3 is 2. The maximum absolute atomic E-state index is 11.5. The average Bonchev–Trinajstić information content (AvgIpc) is 2.64. The smallest absolute Gasteiger partial charge is 0.332 e. The fourth-order valence-corrected chi connectivity index (χ4v) is 2.09. The molecule has 2 rings (SSSR count). The molecule has 0 unspecified atom stereocenters. The first kappa shape index (κ1) is 15.6. The third-order valence-corrected chi connectivity index (χ3v) is 3.13. The van der Waals surface area contributed by atoms with E-state index in [2.05, 4.69) is 20.1 Å². The van der Waals surface area contributed by atoms with Crippen molar-refractivity contribution >= 4 is 23.3 Å². The van der Waals surface area contributed by atoms with Crippen LogP contribution in [0, 0.1) is 6.92 Å². The van der Waals surface area contributed by atoms with Crippen LogP contribution in [0.15, 0.2) is 41.7 Å². The summed E-state index contributed by atoms with van der Waals surface area (Å²) in [5.74, 6) is -0.925. The maximum Gasteiger partial charge on any atom is 0.332 e. The number of fused-ring (bicyclic) bond motifs is 1. The lowest BCUT2D eigenvalue weighted by molar-refractivity contribution is -0.135. The molecule has 0 saturated heterocycles. The molecule has 1 aliphatic heterocycles. The van der Waals surface area contributed by atoms with Crippen LogP contribution in [0.5, 0.6) is 0 Å². The summed E-state index contributed by atoms with van der Waals surface area (Å²) in [6, 6.07) is 5.82. The molecule has 0 atom stereocenters. The molecular weight excluding hydrogens is 284 g/mol. The standard InChI is InChI=1S/C16H18N2O4/c1-10-4-5-13-14(6-10)18-12(9-16(20)22-3)7-11(17-13)8-15(19)21-2/h4-6,8-9,17-18H,7H2,1-3H3/b11-8-,12-9-. The summed E-state index contributed by atoms with van der Waals surface area (Å²) < 4.78 is 9.31. The van der Waals surface area contributed by atoms with Gasteiger partial charge in [-0.25, -0.2) is 9.59 Å². The summed E-state index contributed by atoms with van der Waals surface area (Å²) in [6.07, 6.45) is 3.07. The van der Waals surface area contributed by atoms with Gasteiger partial charge in [-0.15, -0.1) is 0 Å². The van der Waals surface area contributed by atoms with E-state index in [4.69, 9.17) is 0 Å². The lowest BCUT2D eigenvalue weighted by atomic mass is 10.2. The molecular formula is C16H18N2O4. The van der Waals surface area contributed by atoms with Crippen LogP contribution in [-0.4, -0.2) is 26.2 Å². The van der Waals surface area contributed by atoms with Crippen LogP contribution in [-0.2, 0) is 19.1 Å². The third kappa shape index (κ3) is 3.88. The van der Waals surface area contributed by atoms with E-state index < -0.39 is 11.9 Å². The molecule has 1 aromatic carbocycles. The highest BCUT2D eigenvalue weighted by atomic mass is 16.5. The zero-order valence-electron chi connectivity index (χ0n) is 12.7. The molecule has 0 amide bonds.